The number of nitrogens with one attached hydrogen (secondary N) is 1. The Hall–Kier alpha value is -2.24. The molecule has 1 aromatic heterocycles. The highest BCUT2D eigenvalue weighted by Crippen LogP contribution is 2.37. The highest BCUT2D eigenvalue weighted by Gasteiger charge is 2.23. The largest absolute Gasteiger partial charge is 0.441 e. The fourth-order valence-electron chi connectivity index (χ4n) is 3.21. The van der Waals surface area contributed by atoms with Crippen LogP contribution in [0.5, 0.6) is 0 Å². The Labute approximate surface area is 167 Å². The average molecular weight is 399 g/mol. The lowest BCUT2D eigenvalue weighted by Crippen LogP contribution is -2.32. The first kappa shape index (κ1) is 18.1. The van der Waals surface area contributed by atoms with Gasteiger partial charge in [0.05, 0.1) is 18.2 Å². The van der Waals surface area contributed by atoms with Gasteiger partial charge in [-0.15, -0.1) is 11.8 Å². The molecule has 1 aliphatic heterocycles. The van der Waals surface area contributed by atoms with Crippen LogP contribution in [-0.2, 0) is 11.2 Å². The van der Waals surface area contributed by atoms with Crippen LogP contribution in [0.25, 0.3) is 11.5 Å². The van der Waals surface area contributed by atoms with Crippen molar-refractivity contribution in [1.29, 1.82) is 0 Å². The van der Waals surface area contributed by atoms with Crippen LogP contribution in [0, 0.1) is 6.92 Å². The van der Waals surface area contributed by atoms with Gasteiger partial charge in [0.2, 0.25) is 11.8 Å². The van der Waals surface area contributed by atoms with Gasteiger partial charge in [-0.05, 0) is 49.2 Å². The summed E-state index contributed by atoms with van der Waals surface area (Å²) in [7, 11) is 0. The Balaban J connectivity index is 1.48. The van der Waals surface area contributed by atoms with Crippen molar-refractivity contribution in [1.82, 2.24) is 10.3 Å². The van der Waals surface area contributed by atoms with Gasteiger partial charge in [-0.3, -0.25) is 4.79 Å². The van der Waals surface area contributed by atoms with Gasteiger partial charge in [-0.2, -0.15) is 0 Å². The second-order valence-corrected chi connectivity index (χ2v) is 8.08. The standard InChI is InChI=1S/C21H19ClN2O2S/c1-13-18(24-21(26-13)14-5-3-2-4-6-14)12-20(25)23-17-9-10-27-19-8-7-15(22)11-16(17)19/h2-8,11,17H,9-10,12H2,1H3,(H,23,25)/t17-/m0/s1. The van der Waals surface area contributed by atoms with Crippen LogP contribution in [0.1, 0.15) is 29.5 Å². The molecule has 1 aliphatic rings. The molecule has 4 rings (SSSR count). The maximum absolute atomic E-state index is 12.6. The lowest BCUT2D eigenvalue weighted by Gasteiger charge is -2.26. The van der Waals surface area contributed by atoms with Crippen molar-refractivity contribution in [2.24, 2.45) is 0 Å². The van der Waals surface area contributed by atoms with Crippen molar-refractivity contribution in [3.63, 3.8) is 0 Å². The molecule has 0 fully saturated rings. The van der Waals surface area contributed by atoms with Crippen molar-refractivity contribution < 1.29 is 9.21 Å². The molecule has 0 spiro atoms. The average Bonchev–Trinajstić information content (AvgIpc) is 3.03. The van der Waals surface area contributed by atoms with Gasteiger partial charge in [0.1, 0.15) is 5.76 Å². The number of hydrogen-bond acceptors (Lipinski definition) is 4. The Kier molecular flexibility index (Phi) is 5.23. The molecule has 0 saturated heterocycles. The van der Waals surface area contributed by atoms with Crippen LogP contribution in [-0.4, -0.2) is 16.6 Å². The lowest BCUT2D eigenvalue weighted by molar-refractivity contribution is -0.121. The number of hydrogen-bond donors (Lipinski definition) is 1. The Morgan fingerprint density at radius 3 is 2.93 bits per heavy atom. The molecule has 1 amide bonds. The first-order valence-corrected chi connectivity index (χ1v) is 10.2. The summed E-state index contributed by atoms with van der Waals surface area (Å²) < 4.78 is 5.75. The van der Waals surface area contributed by atoms with Gasteiger partial charge in [-0.25, -0.2) is 4.98 Å². The summed E-state index contributed by atoms with van der Waals surface area (Å²) >= 11 is 7.94. The zero-order valence-electron chi connectivity index (χ0n) is 14.9. The number of carbonyl (C=O) groups excluding carboxylic acids is 1. The molecule has 4 nitrogen and oxygen atoms in total. The van der Waals surface area contributed by atoms with E-state index in [1.54, 1.807) is 11.8 Å². The normalized spacial score (nSPS) is 16.0. The number of aromatic nitrogens is 1. The molecule has 0 bridgehead atoms. The third kappa shape index (κ3) is 4.04. The Morgan fingerprint density at radius 1 is 1.30 bits per heavy atom. The van der Waals surface area contributed by atoms with Crippen LogP contribution < -0.4 is 5.32 Å². The summed E-state index contributed by atoms with van der Waals surface area (Å²) in [5, 5.41) is 3.82. The molecule has 0 unspecified atom stereocenters. The van der Waals surface area contributed by atoms with E-state index in [2.05, 4.69) is 10.3 Å². The molecule has 0 aliphatic carbocycles. The first-order chi connectivity index (χ1) is 13.1. The van der Waals surface area contributed by atoms with Gasteiger partial charge in [0, 0.05) is 21.2 Å². The Bertz CT molecular complexity index is 972. The number of thioether (sulfide) groups is 1. The minimum Gasteiger partial charge on any atom is -0.441 e. The molecule has 2 heterocycles. The van der Waals surface area contributed by atoms with Crippen molar-refractivity contribution in [3.8, 4) is 11.5 Å². The van der Waals surface area contributed by atoms with Crippen molar-refractivity contribution in [2.75, 3.05) is 5.75 Å². The van der Waals surface area contributed by atoms with E-state index in [0.29, 0.717) is 22.4 Å². The fraction of sp³-hybridized carbons (Fsp3) is 0.238. The number of aryl methyl sites for hydroxylation is 1. The number of benzene rings is 2. The molecule has 27 heavy (non-hydrogen) atoms. The number of amides is 1. The second-order valence-electron chi connectivity index (χ2n) is 6.50. The highest BCUT2D eigenvalue weighted by atomic mass is 35.5. The zero-order chi connectivity index (χ0) is 18.8. The SMILES string of the molecule is Cc1oc(-c2ccccc2)nc1CC(=O)N[C@H]1CCSc2ccc(Cl)cc21. The number of nitrogens with zero attached hydrogens (tertiary/aromatic N) is 1. The van der Waals surface area contributed by atoms with Gasteiger partial charge in [0.15, 0.2) is 0 Å². The van der Waals surface area contributed by atoms with Crippen LogP contribution >= 0.6 is 23.4 Å². The van der Waals surface area contributed by atoms with E-state index in [1.807, 2.05) is 55.5 Å². The van der Waals surface area contributed by atoms with E-state index in [9.17, 15) is 4.79 Å². The molecule has 3 aromatic rings. The predicted octanol–water partition coefficient (Wildman–Crippen LogP) is 5.20. The van der Waals surface area contributed by atoms with Crippen LogP contribution in [0.4, 0.5) is 0 Å². The maximum atomic E-state index is 12.6. The third-order valence-electron chi connectivity index (χ3n) is 4.59. The van der Waals surface area contributed by atoms with E-state index in [-0.39, 0.29) is 18.4 Å². The van der Waals surface area contributed by atoms with Crippen molar-refractivity contribution in [2.45, 2.75) is 30.7 Å². The molecule has 138 valence electrons. The van der Waals surface area contributed by atoms with Gasteiger partial charge in [-0.1, -0.05) is 29.8 Å². The monoisotopic (exact) mass is 398 g/mol. The van der Waals surface area contributed by atoms with E-state index in [1.165, 1.54) is 4.90 Å². The van der Waals surface area contributed by atoms with E-state index in [4.69, 9.17) is 16.0 Å². The van der Waals surface area contributed by atoms with Gasteiger partial charge in [0.25, 0.3) is 0 Å². The highest BCUT2D eigenvalue weighted by molar-refractivity contribution is 7.99. The number of halogens is 1. The van der Waals surface area contributed by atoms with Crippen LogP contribution in [0.2, 0.25) is 5.02 Å². The molecule has 0 saturated carbocycles. The predicted molar refractivity (Wildman–Crippen MR) is 108 cm³/mol. The summed E-state index contributed by atoms with van der Waals surface area (Å²) in [5.41, 5.74) is 2.66. The number of fused-ring (bicyclic) bond motifs is 1. The molecule has 2 aromatic carbocycles. The topological polar surface area (TPSA) is 55.1 Å². The molecule has 6 heteroatoms. The second kappa shape index (κ2) is 7.79. The molecule has 1 atom stereocenters. The summed E-state index contributed by atoms with van der Waals surface area (Å²) in [4.78, 5) is 18.3. The number of rotatable bonds is 4. The summed E-state index contributed by atoms with van der Waals surface area (Å²) in [6.07, 6.45) is 1.08. The van der Waals surface area contributed by atoms with E-state index >= 15 is 0 Å². The lowest BCUT2D eigenvalue weighted by atomic mass is 10.0. The summed E-state index contributed by atoms with van der Waals surface area (Å²) in [6, 6.07) is 15.5. The van der Waals surface area contributed by atoms with Crippen LogP contribution in [0.15, 0.2) is 57.8 Å². The van der Waals surface area contributed by atoms with Crippen LogP contribution in [0.3, 0.4) is 0 Å². The molecule has 0 radical (unpaired) electrons. The smallest absolute Gasteiger partial charge is 0.226 e. The summed E-state index contributed by atoms with van der Waals surface area (Å²) in [5.74, 6) is 2.13. The number of carbonyl (C=O) groups is 1. The first-order valence-electron chi connectivity index (χ1n) is 8.83. The zero-order valence-corrected chi connectivity index (χ0v) is 16.4. The minimum atomic E-state index is -0.0613. The molecular weight excluding hydrogens is 380 g/mol. The van der Waals surface area contributed by atoms with E-state index in [0.717, 1.165) is 23.3 Å². The maximum Gasteiger partial charge on any atom is 0.226 e. The Morgan fingerprint density at radius 2 is 2.11 bits per heavy atom. The quantitative estimate of drug-likeness (QED) is 0.656. The molecule has 1 N–H and O–H groups in total. The summed E-state index contributed by atoms with van der Waals surface area (Å²) in [6.45, 7) is 1.84. The molecular formula is C21H19ClN2O2S. The van der Waals surface area contributed by atoms with Crippen molar-refractivity contribution in [3.05, 3.63) is 70.6 Å². The van der Waals surface area contributed by atoms with Crippen molar-refractivity contribution >= 4 is 29.3 Å². The van der Waals surface area contributed by atoms with Gasteiger partial charge < -0.3 is 9.73 Å². The number of oxazole rings is 1. The van der Waals surface area contributed by atoms with E-state index < -0.39 is 0 Å². The third-order valence-corrected chi connectivity index (χ3v) is 5.95. The minimum absolute atomic E-state index is 0.0201. The van der Waals surface area contributed by atoms with Gasteiger partial charge >= 0.3 is 0 Å². The fourth-order valence-corrected chi connectivity index (χ4v) is 4.50.